The third-order valence-electron chi connectivity index (χ3n) is 2.17. The third-order valence-corrected chi connectivity index (χ3v) is 2.17. The first-order chi connectivity index (χ1) is 7.83. The standard InChI is InChI=1S/C10H20N2O4/c1-14-3-2-12-10(13)7-11-6-9-8-15-4-5-16-9/h9,11H,2-8H2,1H3,(H,12,13). The molecule has 1 aliphatic heterocycles. The average molecular weight is 232 g/mol. The molecule has 0 aromatic rings. The highest BCUT2D eigenvalue weighted by atomic mass is 16.6. The molecule has 0 radical (unpaired) electrons. The van der Waals surface area contributed by atoms with Gasteiger partial charge in [-0.25, -0.2) is 0 Å². The van der Waals surface area contributed by atoms with Gasteiger partial charge in [-0.1, -0.05) is 0 Å². The lowest BCUT2D eigenvalue weighted by atomic mass is 10.3. The molecule has 1 aliphatic rings. The number of nitrogens with one attached hydrogen (secondary N) is 2. The zero-order valence-corrected chi connectivity index (χ0v) is 9.66. The largest absolute Gasteiger partial charge is 0.383 e. The number of rotatable bonds is 7. The van der Waals surface area contributed by atoms with E-state index >= 15 is 0 Å². The second-order valence-electron chi connectivity index (χ2n) is 3.54. The van der Waals surface area contributed by atoms with Crippen LogP contribution >= 0.6 is 0 Å². The van der Waals surface area contributed by atoms with Crippen LogP contribution in [0.4, 0.5) is 0 Å². The molecule has 6 nitrogen and oxygen atoms in total. The van der Waals surface area contributed by atoms with Crippen LogP contribution in [0.15, 0.2) is 0 Å². The second kappa shape index (κ2) is 8.46. The summed E-state index contributed by atoms with van der Waals surface area (Å²) in [5, 5.41) is 5.75. The maximum atomic E-state index is 11.3. The van der Waals surface area contributed by atoms with Crippen molar-refractivity contribution in [2.24, 2.45) is 0 Å². The predicted molar refractivity (Wildman–Crippen MR) is 58.3 cm³/mol. The lowest BCUT2D eigenvalue weighted by Gasteiger charge is -2.23. The summed E-state index contributed by atoms with van der Waals surface area (Å²) in [6, 6.07) is 0. The van der Waals surface area contributed by atoms with E-state index in [0.29, 0.717) is 46.1 Å². The summed E-state index contributed by atoms with van der Waals surface area (Å²) in [5.74, 6) is -0.0335. The Hall–Kier alpha value is -0.690. The van der Waals surface area contributed by atoms with E-state index in [1.54, 1.807) is 7.11 Å². The minimum atomic E-state index is -0.0335. The van der Waals surface area contributed by atoms with Crippen LogP contribution in [0.25, 0.3) is 0 Å². The molecule has 0 spiro atoms. The molecular formula is C10H20N2O4. The first-order valence-electron chi connectivity index (χ1n) is 5.48. The number of ether oxygens (including phenoxy) is 3. The number of hydrogen-bond acceptors (Lipinski definition) is 5. The summed E-state index contributed by atoms with van der Waals surface area (Å²) in [5.41, 5.74) is 0. The van der Waals surface area contributed by atoms with Crippen molar-refractivity contribution in [2.75, 3.05) is 53.2 Å². The fourth-order valence-corrected chi connectivity index (χ4v) is 1.36. The molecule has 0 aliphatic carbocycles. The topological polar surface area (TPSA) is 68.8 Å². The number of carbonyl (C=O) groups excluding carboxylic acids is 1. The third kappa shape index (κ3) is 6.02. The maximum Gasteiger partial charge on any atom is 0.234 e. The highest BCUT2D eigenvalue weighted by molar-refractivity contribution is 5.77. The Labute approximate surface area is 95.6 Å². The van der Waals surface area contributed by atoms with Gasteiger partial charge in [0.25, 0.3) is 0 Å². The summed E-state index contributed by atoms with van der Waals surface area (Å²) >= 11 is 0. The van der Waals surface area contributed by atoms with Crippen LogP contribution in [0, 0.1) is 0 Å². The molecule has 1 atom stereocenters. The van der Waals surface area contributed by atoms with Crippen LogP contribution in [0.3, 0.4) is 0 Å². The van der Waals surface area contributed by atoms with Crippen molar-refractivity contribution in [1.82, 2.24) is 10.6 Å². The van der Waals surface area contributed by atoms with Crippen molar-refractivity contribution in [3.63, 3.8) is 0 Å². The number of hydrogen-bond donors (Lipinski definition) is 2. The van der Waals surface area contributed by atoms with Crippen LogP contribution in [0.5, 0.6) is 0 Å². The smallest absolute Gasteiger partial charge is 0.234 e. The molecule has 1 rings (SSSR count). The Kier molecular flexibility index (Phi) is 7.07. The fraction of sp³-hybridized carbons (Fsp3) is 0.900. The van der Waals surface area contributed by atoms with Gasteiger partial charge in [0.2, 0.25) is 5.91 Å². The zero-order valence-electron chi connectivity index (χ0n) is 9.66. The van der Waals surface area contributed by atoms with Crippen LogP contribution in [0.2, 0.25) is 0 Å². The second-order valence-corrected chi connectivity index (χ2v) is 3.54. The SMILES string of the molecule is COCCNC(=O)CNCC1COCCO1. The first-order valence-corrected chi connectivity index (χ1v) is 5.48. The Morgan fingerprint density at radius 3 is 3.06 bits per heavy atom. The van der Waals surface area contributed by atoms with E-state index < -0.39 is 0 Å². The van der Waals surface area contributed by atoms with Gasteiger partial charge in [-0.3, -0.25) is 4.79 Å². The van der Waals surface area contributed by atoms with Gasteiger partial charge in [-0.15, -0.1) is 0 Å². The van der Waals surface area contributed by atoms with Crippen LogP contribution in [-0.4, -0.2) is 65.2 Å². The van der Waals surface area contributed by atoms with Crippen LogP contribution < -0.4 is 10.6 Å². The summed E-state index contributed by atoms with van der Waals surface area (Å²) in [6.07, 6.45) is 0.0560. The minimum Gasteiger partial charge on any atom is -0.383 e. The Balaban J connectivity index is 1.94. The zero-order chi connectivity index (χ0) is 11.6. The lowest BCUT2D eigenvalue weighted by molar-refractivity contribution is -0.120. The molecule has 16 heavy (non-hydrogen) atoms. The molecule has 0 saturated carbocycles. The van der Waals surface area contributed by atoms with E-state index in [4.69, 9.17) is 14.2 Å². The summed E-state index contributed by atoms with van der Waals surface area (Å²) < 4.78 is 15.5. The number of carbonyl (C=O) groups is 1. The number of amides is 1. The van der Waals surface area contributed by atoms with Crippen molar-refractivity contribution in [2.45, 2.75) is 6.10 Å². The quantitative estimate of drug-likeness (QED) is 0.537. The van der Waals surface area contributed by atoms with Crippen molar-refractivity contribution in [3.8, 4) is 0 Å². The predicted octanol–water partition coefficient (Wildman–Crippen LogP) is -1.25. The Morgan fingerprint density at radius 1 is 1.50 bits per heavy atom. The molecule has 0 aromatic carbocycles. The molecule has 1 fully saturated rings. The molecule has 2 N–H and O–H groups in total. The molecule has 1 unspecified atom stereocenters. The lowest BCUT2D eigenvalue weighted by Crippen LogP contribution is -2.42. The number of methoxy groups -OCH3 is 1. The highest BCUT2D eigenvalue weighted by Crippen LogP contribution is 1.98. The Bertz CT molecular complexity index is 195. The molecule has 1 heterocycles. The molecular weight excluding hydrogens is 212 g/mol. The molecule has 1 amide bonds. The van der Waals surface area contributed by atoms with Crippen molar-refractivity contribution in [3.05, 3.63) is 0 Å². The average Bonchev–Trinajstić information content (AvgIpc) is 2.31. The van der Waals surface area contributed by atoms with Gasteiger partial charge in [0.05, 0.1) is 39.1 Å². The molecule has 0 bridgehead atoms. The molecule has 1 saturated heterocycles. The van der Waals surface area contributed by atoms with E-state index in [1.807, 2.05) is 0 Å². The van der Waals surface area contributed by atoms with Gasteiger partial charge < -0.3 is 24.8 Å². The van der Waals surface area contributed by atoms with Crippen molar-refractivity contribution >= 4 is 5.91 Å². The monoisotopic (exact) mass is 232 g/mol. The van der Waals surface area contributed by atoms with E-state index in [0.717, 1.165) is 0 Å². The first kappa shape index (κ1) is 13.4. The van der Waals surface area contributed by atoms with E-state index in [1.165, 1.54) is 0 Å². The van der Waals surface area contributed by atoms with Gasteiger partial charge in [-0.2, -0.15) is 0 Å². The highest BCUT2D eigenvalue weighted by Gasteiger charge is 2.13. The van der Waals surface area contributed by atoms with Gasteiger partial charge in [0, 0.05) is 20.2 Å². The van der Waals surface area contributed by atoms with Gasteiger partial charge in [0.15, 0.2) is 0 Å². The van der Waals surface area contributed by atoms with Crippen LogP contribution in [-0.2, 0) is 19.0 Å². The van der Waals surface area contributed by atoms with Gasteiger partial charge >= 0.3 is 0 Å². The summed E-state index contributed by atoms with van der Waals surface area (Å²) in [6.45, 7) is 3.89. The van der Waals surface area contributed by atoms with E-state index in [2.05, 4.69) is 10.6 Å². The Morgan fingerprint density at radius 2 is 2.38 bits per heavy atom. The molecule has 6 heteroatoms. The minimum absolute atomic E-state index is 0.0335. The van der Waals surface area contributed by atoms with E-state index in [9.17, 15) is 4.79 Å². The van der Waals surface area contributed by atoms with Crippen molar-refractivity contribution in [1.29, 1.82) is 0 Å². The van der Waals surface area contributed by atoms with Gasteiger partial charge in [0.1, 0.15) is 0 Å². The summed E-state index contributed by atoms with van der Waals surface area (Å²) in [4.78, 5) is 11.3. The van der Waals surface area contributed by atoms with Crippen LogP contribution in [0.1, 0.15) is 0 Å². The van der Waals surface area contributed by atoms with Crippen molar-refractivity contribution < 1.29 is 19.0 Å². The molecule has 0 aromatic heterocycles. The normalized spacial score (nSPS) is 20.7. The fourth-order valence-electron chi connectivity index (χ4n) is 1.36. The molecule has 94 valence electrons. The van der Waals surface area contributed by atoms with E-state index in [-0.39, 0.29) is 12.0 Å². The van der Waals surface area contributed by atoms with Gasteiger partial charge in [-0.05, 0) is 0 Å². The maximum absolute atomic E-state index is 11.3. The summed E-state index contributed by atoms with van der Waals surface area (Å²) in [7, 11) is 1.60.